The number of alkyl halides is 3. The minimum absolute atomic E-state index is 0.0324. The maximum atomic E-state index is 13.8. The summed E-state index contributed by atoms with van der Waals surface area (Å²) in [5.41, 5.74) is 2.45. The SMILES string of the molecule is NC(=O)c1c[nH]c(=O)c(-c2cccc(-c3cccc(F)c3C(F)(F)F)c2)n1. The number of primary amides is 1. The normalized spacial score (nSPS) is 11.4. The van der Waals surface area contributed by atoms with E-state index in [0.717, 1.165) is 24.4 Å². The van der Waals surface area contributed by atoms with E-state index in [1.165, 1.54) is 24.3 Å². The molecule has 0 bridgehead atoms. The molecule has 3 N–H and O–H groups in total. The van der Waals surface area contributed by atoms with Crippen LogP contribution in [0.1, 0.15) is 16.1 Å². The Morgan fingerprint density at radius 1 is 1.07 bits per heavy atom. The smallest absolute Gasteiger partial charge is 0.364 e. The number of aromatic amines is 1. The van der Waals surface area contributed by atoms with Crippen LogP contribution in [-0.2, 0) is 6.18 Å². The second-order valence-electron chi connectivity index (χ2n) is 5.57. The van der Waals surface area contributed by atoms with E-state index in [2.05, 4.69) is 9.97 Å². The first kappa shape index (κ1) is 18.3. The standard InChI is InChI=1S/C18H11F4N3O2/c19-12-6-2-5-11(14(12)18(20,21)22)9-3-1-4-10(7-9)15-17(27)24-8-13(25-15)16(23)26/h1-8H,(H2,23,26)(H,24,27). The Labute approximate surface area is 149 Å². The Hall–Kier alpha value is -3.49. The number of rotatable bonds is 3. The Kier molecular flexibility index (Phi) is 4.52. The monoisotopic (exact) mass is 377 g/mol. The van der Waals surface area contributed by atoms with Crippen LogP contribution in [0.15, 0.2) is 53.5 Å². The number of aromatic nitrogens is 2. The maximum Gasteiger partial charge on any atom is 0.419 e. The van der Waals surface area contributed by atoms with E-state index in [-0.39, 0.29) is 28.1 Å². The molecule has 0 spiro atoms. The summed E-state index contributed by atoms with van der Waals surface area (Å²) in [4.78, 5) is 29.4. The molecule has 5 nitrogen and oxygen atoms in total. The fourth-order valence-corrected chi connectivity index (χ4v) is 2.61. The van der Waals surface area contributed by atoms with Gasteiger partial charge in [0.2, 0.25) is 0 Å². The van der Waals surface area contributed by atoms with E-state index in [1.807, 2.05) is 0 Å². The Morgan fingerprint density at radius 2 is 1.74 bits per heavy atom. The fourth-order valence-electron chi connectivity index (χ4n) is 2.61. The fraction of sp³-hybridized carbons (Fsp3) is 0.0556. The van der Waals surface area contributed by atoms with Gasteiger partial charge >= 0.3 is 6.18 Å². The lowest BCUT2D eigenvalue weighted by molar-refractivity contribution is -0.139. The van der Waals surface area contributed by atoms with Crippen molar-refractivity contribution in [2.24, 2.45) is 5.73 Å². The zero-order valence-corrected chi connectivity index (χ0v) is 13.5. The van der Waals surface area contributed by atoms with E-state index >= 15 is 0 Å². The molecule has 2 aromatic carbocycles. The molecule has 0 saturated heterocycles. The molecule has 1 aromatic heterocycles. The third-order valence-electron chi connectivity index (χ3n) is 3.78. The molecule has 0 saturated carbocycles. The lowest BCUT2D eigenvalue weighted by Crippen LogP contribution is -2.19. The minimum atomic E-state index is -4.90. The first-order valence-corrected chi connectivity index (χ1v) is 7.54. The molecule has 0 unspecified atom stereocenters. The molecule has 3 aromatic rings. The molecule has 1 amide bonds. The topological polar surface area (TPSA) is 88.8 Å². The van der Waals surface area contributed by atoms with Crippen molar-refractivity contribution in [1.82, 2.24) is 9.97 Å². The average Bonchev–Trinajstić information content (AvgIpc) is 2.60. The van der Waals surface area contributed by atoms with Gasteiger partial charge in [-0.15, -0.1) is 0 Å². The van der Waals surface area contributed by atoms with Crippen molar-refractivity contribution in [3.05, 3.63) is 76.1 Å². The van der Waals surface area contributed by atoms with Crippen molar-refractivity contribution in [2.75, 3.05) is 0 Å². The minimum Gasteiger partial charge on any atom is -0.364 e. The highest BCUT2D eigenvalue weighted by molar-refractivity contribution is 5.91. The first-order valence-electron chi connectivity index (χ1n) is 7.54. The van der Waals surface area contributed by atoms with Crippen LogP contribution in [-0.4, -0.2) is 15.9 Å². The largest absolute Gasteiger partial charge is 0.419 e. The molecule has 0 aliphatic heterocycles. The Bertz CT molecular complexity index is 1090. The molecule has 3 rings (SSSR count). The molecule has 1 heterocycles. The second-order valence-corrected chi connectivity index (χ2v) is 5.57. The molecule has 9 heteroatoms. The number of nitrogens with two attached hydrogens (primary N) is 1. The van der Waals surface area contributed by atoms with Crippen LogP contribution in [0.2, 0.25) is 0 Å². The van der Waals surface area contributed by atoms with Crippen LogP contribution in [0.5, 0.6) is 0 Å². The molecule has 0 aliphatic rings. The Morgan fingerprint density at radius 3 is 2.41 bits per heavy atom. The van der Waals surface area contributed by atoms with Crippen molar-refractivity contribution in [3.8, 4) is 22.4 Å². The number of amides is 1. The molecular weight excluding hydrogens is 366 g/mol. The van der Waals surface area contributed by atoms with Crippen LogP contribution in [0.25, 0.3) is 22.4 Å². The number of nitrogens with zero attached hydrogens (tertiary/aromatic N) is 1. The van der Waals surface area contributed by atoms with Gasteiger partial charge < -0.3 is 10.7 Å². The molecule has 0 atom stereocenters. The van der Waals surface area contributed by atoms with Gasteiger partial charge in [0, 0.05) is 11.8 Å². The van der Waals surface area contributed by atoms with E-state index in [0.29, 0.717) is 0 Å². The number of carbonyl (C=O) groups excluding carboxylic acids is 1. The van der Waals surface area contributed by atoms with E-state index < -0.39 is 29.0 Å². The third kappa shape index (κ3) is 3.57. The first-order chi connectivity index (χ1) is 12.7. The van der Waals surface area contributed by atoms with Crippen LogP contribution in [0.3, 0.4) is 0 Å². The van der Waals surface area contributed by atoms with Crippen LogP contribution < -0.4 is 11.3 Å². The predicted molar refractivity (Wildman–Crippen MR) is 89.2 cm³/mol. The lowest BCUT2D eigenvalue weighted by Gasteiger charge is -2.14. The van der Waals surface area contributed by atoms with Crippen LogP contribution in [0, 0.1) is 5.82 Å². The highest BCUT2D eigenvalue weighted by atomic mass is 19.4. The van der Waals surface area contributed by atoms with Gasteiger partial charge in [-0.1, -0.05) is 30.3 Å². The zero-order chi connectivity index (χ0) is 19.8. The summed E-state index contributed by atoms with van der Waals surface area (Å²) in [6.45, 7) is 0. The van der Waals surface area contributed by atoms with Gasteiger partial charge in [-0.2, -0.15) is 13.2 Å². The highest BCUT2D eigenvalue weighted by Gasteiger charge is 2.37. The summed E-state index contributed by atoms with van der Waals surface area (Å²) in [7, 11) is 0. The van der Waals surface area contributed by atoms with Gasteiger partial charge in [-0.25, -0.2) is 9.37 Å². The molecule has 0 radical (unpaired) electrons. The number of hydrogen-bond acceptors (Lipinski definition) is 3. The van der Waals surface area contributed by atoms with Crippen LogP contribution in [0.4, 0.5) is 17.6 Å². The van der Waals surface area contributed by atoms with Crippen molar-refractivity contribution in [2.45, 2.75) is 6.18 Å². The van der Waals surface area contributed by atoms with Crippen molar-refractivity contribution >= 4 is 5.91 Å². The predicted octanol–water partition coefficient (Wildman–Crippen LogP) is 3.36. The second kappa shape index (κ2) is 6.67. The van der Waals surface area contributed by atoms with Crippen molar-refractivity contribution < 1.29 is 22.4 Å². The lowest BCUT2D eigenvalue weighted by atomic mass is 9.96. The van der Waals surface area contributed by atoms with Gasteiger partial charge in [-0.3, -0.25) is 9.59 Å². The summed E-state index contributed by atoms with van der Waals surface area (Å²) in [6.07, 6.45) is -3.87. The van der Waals surface area contributed by atoms with Gasteiger partial charge in [0.15, 0.2) is 0 Å². The number of H-pyrrole nitrogens is 1. The molecule has 138 valence electrons. The summed E-state index contributed by atoms with van der Waals surface area (Å²) in [6, 6.07) is 8.44. The van der Waals surface area contributed by atoms with Gasteiger partial charge in [-0.05, 0) is 23.3 Å². The highest BCUT2D eigenvalue weighted by Crippen LogP contribution is 2.39. The quantitative estimate of drug-likeness (QED) is 0.686. The van der Waals surface area contributed by atoms with E-state index in [4.69, 9.17) is 5.73 Å². The summed E-state index contributed by atoms with van der Waals surface area (Å²) in [5.74, 6) is -2.29. The summed E-state index contributed by atoms with van der Waals surface area (Å²) in [5, 5.41) is 0. The van der Waals surface area contributed by atoms with Crippen molar-refractivity contribution in [1.29, 1.82) is 0 Å². The van der Waals surface area contributed by atoms with Crippen molar-refractivity contribution in [3.63, 3.8) is 0 Å². The number of carbonyl (C=O) groups is 1. The molecule has 0 aliphatic carbocycles. The van der Waals surface area contributed by atoms with Gasteiger partial charge in [0.25, 0.3) is 11.5 Å². The van der Waals surface area contributed by atoms with Gasteiger partial charge in [0.05, 0.1) is 5.56 Å². The number of benzene rings is 2. The van der Waals surface area contributed by atoms with E-state index in [9.17, 15) is 27.2 Å². The van der Waals surface area contributed by atoms with Gasteiger partial charge in [0.1, 0.15) is 17.2 Å². The summed E-state index contributed by atoms with van der Waals surface area (Å²) < 4.78 is 53.6. The number of nitrogens with one attached hydrogen (secondary N) is 1. The zero-order valence-electron chi connectivity index (χ0n) is 13.5. The maximum absolute atomic E-state index is 13.8. The number of hydrogen-bond donors (Lipinski definition) is 2. The van der Waals surface area contributed by atoms with Crippen LogP contribution >= 0.6 is 0 Å². The molecule has 0 fully saturated rings. The Balaban J connectivity index is 2.20. The third-order valence-corrected chi connectivity index (χ3v) is 3.78. The molecular formula is C18H11F4N3O2. The summed E-state index contributed by atoms with van der Waals surface area (Å²) >= 11 is 0. The molecule has 27 heavy (non-hydrogen) atoms. The number of halogens is 4. The average molecular weight is 377 g/mol. The van der Waals surface area contributed by atoms with E-state index in [1.54, 1.807) is 0 Å².